The number of aromatic nitrogens is 4. The van der Waals surface area contributed by atoms with Crippen molar-refractivity contribution in [3.05, 3.63) is 35.0 Å². The molecular formula is C14H15ClN4OS. The zero-order valence-electron chi connectivity index (χ0n) is 11.4. The molecule has 2 aromatic heterocycles. The zero-order valence-corrected chi connectivity index (χ0v) is 13.0. The van der Waals surface area contributed by atoms with Gasteiger partial charge in [-0.25, -0.2) is 4.98 Å². The quantitative estimate of drug-likeness (QED) is 0.849. The molecule has 0 N–H and O–H groups in total. The molecule has 1 atom stereocenters. The molecule has 0 saturated heterocycles. The van der Waals surface area contributed by atoms with Crippen LogP contribution >= 0.6 is 11.6 Å². The molecule has 5 nitrogen and oxygen atoms in total. The Morgan fingerprint density at radius 1 is 1.24 bits per heavy atom. The van der Waals surface area contributed by atoms with Crippen molar-refractivity contribution in [3.8, 4) is 0 Å². The minimum atomic E-state index is -1.21. The lowest BCUT2D eigenvalue weighted by atomic mass is 10.4. The third kappa shape index (κ3) is 2.74. The van der Waals surface area contributed by atoms with Gasteiger partial charge in [-0.2, -0.15) is 0 Å². The third-order valence-corrected chi connectivity index (χ3v) is 5.29. The SMILES string of the molecule is O=S(Cc1nnc(C2CC2)n1C1CC1)c1ccc(Cl)cn1. The minimum absolute atomic E-state index is 0.366. The molecule has 2 fully saturated rings. The molecule has 0 aromatic carbocycles. The monoisotopic (exact) mass is 322 g/mol. The molecule has 4 rings (SSSR count). The molecule has 0 spiro atoms. The summed E-state index contributed by atoms with van der Waals surface area (Å²) in [6.45, 7) is 0. The number of hydrogen-bond donors (Lipinski definition) is 0. The van der Waals surface area contributed by atoms with Crippen molar-refractivity contribution in [2.75, 3.05) is 0 Å². The highest BCUT2D eigenvalue weighted by molar-refractivity contribution is 7.84. The van der Waals surface area contributed by atoms with Crippen LogP contribution < -0.4 is 0 Å². The largest absolute Gasteiger partial charge is 0.311 e. The van der Waals surface area contributed by atoms with Crippen molar-refractivity contribution in [1.29, 1.82) is 0 Å². The summed E-state index contributed by atoms with van der Waals surface area (Å²) in [5.41, 5.74) is 0. The first-order valence-electron chi connectivity index (χ1n) is 7.16. The number of pyridine rings is 1. The van der Waals surface area contributed by atoms with Crippen LogP contribution in [-0.4, -0.2) is 24.0 Å². The summed E-state index contributed by atoms with van der Waals surface area (Å²) >= 11 is 5.81. The Balaban J connectivity index is 1.59. The van der Waals surface area contributed by atoms with Gasteiger partial charge in [-0.1, -0.05) is 11.6 Å². The lowest BCUT2D eigenvalue weighted by molar-refractivity contribution is 0.650. The summed E-state index contributed by atoms with van der Waals surface area (Å²) in [6, 6.07) is 3.93. The van der Waals surface area contributed by atoms with Gasteiger partial charge in [0.1, 0.15) is 16.7 Å². The minimum Gasteiger partial charge on any atom is -0.311 e. The first kappa shape index (κ1) is 13.4. The van der Waals surface area contributed by atoms with Crippen LogP contribution in [0.5, 0.6) is 0 Å². The average molecular weight is 323 g/mol. The normalized spacial score (nSPS) is 19.7. The highest BCUT2D eigenvalue weighted by Crippen LogP contribution is 2.44. The van der Waals surface area contributed by atoms with E-state index >= 15 is 0 Å². The van der Waals surface area contributed by atoms with E-state index < -0.39 is 10.8 Å². The Hall–Kier alpha value is -1.27. The second kappa shape index (κ2) is 5.18. The fourth-order valence-electron chi connectivity index (χ4n) is 2.47. The highest BCUT2D eigenvalue weighted by Gasteiger charge is 2.36. The van der Waals surface area contributed by atoms with Crippen molar-refractivity contribution in [3.63, 3.8) is 0 Å². The molecule has 0 radical (unpaired) electrons. The maximum Gasteiger partial charge on any atom is 0.146 e. The van der Waals surface area contributed by atoms with E-state index in [0.29, 0.717) is 27.8 Å². The van der Waals surface area contributed by atoms with E-state index in [1.165, 1.54) is 31.9 Å². The van der Waals surface area contributed by atoms with Crippen molar-refractivity contribution in [1.82, 2.24) is 19.7 Å². The molecular weight excluding hydrogens is 308 g/mol. The molecule has 1 unspecified atom stereocenters. The molecule has 110 valence electrons. The van der Waals surface area contributed by atoms with Gasteiger partial charge >= 0.3 is 0 Å². The van der Waals surface area contributed by atoms with Crippen LogP contribution in [0, 0.1) is 0 Å². The van der Waals surface area contributed by atoms with Crippen LogP contribution in [-0.2, 0) is 16.6 Å². The molecule has 2 aromatic rings. The molecule has 2 aliphatic rings. The van der Waals surface area contributed by atoms with Gasteiger partial charge in [0.2, 0.25) is 0 Å². The fourth-order valence-corrected chi connectivity index (χ4v) is 3.56. The number of rotatable bonds is 5. The van der Waals surface area contributed by atoms with Gasteiger partial charge < -0.3 is 4.57 Å². The molecule has 0 amide bonds. The summed E-state index contributed by atoms with van der Waals surface area (Å²) in [5.74, 6) is 2.85. The third-order valence-electron chi connectivity index (χ3n) is 3.84. The number of nitrogens with zero attached hydrogens (tertiary/aromatic N) is 4. The predicted octanol–water partition coefficient (Wildman–Crippen LogP) is 2.85. The van der Waals surface area contributed by atoms with E-state index in [0.717, 1.165) is 11.6 Å². The van der Waals surface area contributed by atoms with Gasteiger partial charge in [0.05, 0.1) is 21.6 Å². The predicted molar refractivity (Wildman–Crippen MR) is 79.6 cm³/mol. The van der Waals surface area contributed by atoms with Gasteiger partial charge in [0.25, 0.3) is 0 Å². The molecule has 21 heavy (non-hydrogen) atoms. The Morgan fingerprint density at radius 3 is 2.67 bits per heavy atom. The van der Waals surface area contributed by atoms with E-state index in [2.05, 4.69) is 19.7 Å². The summed E-state index contributed by atoms with van der Waals surface area (Å²) in [4.78, 5) is 4.13. The molecule has 7 heteroatoms. The van der Waals surface area contributed by atoms with Gasteiger partial charge in [-0.15, -0.1) is 10.2 Å². The van der Waals surface area contributed by atoms with Crippen LogP contribution in [0.2, 0.25) is 5.02 Å². The maximum atomic E-state index is 12.4. The van der Waals surface area contributed by atoms with Crippen LogP contribution in [0.1, 0.15) is 49.3 Å². The van der Waals surface area contributed by atoms with Crippen LogP contribution in [0.25, 0.3) is 0 Å². The van der Waals surface area contributed by atoms with Crippen molar-refractivity contribution >= 4 is 22.4 Å². The first-order chi connectivity index (χ1) is 10.2. The molecule has 2 aliphatic carbocycles. The Kier molecular flexibility index (Phi) is 3.30. The Bertz CT molecular complexity index is 691. The van der Waals surface area contributed by atoms with Crippen LogP contribution in [0.3, 0.4) is 0 Å². The smallest absolute Gasteiger partial charge is 0.146 e. The number of hydrogen-bond acceptors (Lipinski definition) is 4. The first-order valence-corrected chi connectivity index (χ1v) is 8.85. The molecule has 0 aliphatic heterocycles. The van der Waals surface area contributed by atoms with E-state index in [1.807, 2.05) is 0 Å². The molecule has 0 bridgehead atoms. The fraction of sp³-hybridized carbons (Fsp3) is 0.500. The molecule has 2 heterocycles. The van der Waals surface area contributed by atoms with Gasteiger partial charge in [-0.3, -0.25) is 4.21 Å². The maximum absolute atomic E-state index is 12.4. The lowest BCUT2D eigenvalue weighted by Gasteiger charge is -2.08. The van der Waals surface area contributed by atoms with Gasteiger partial charge in [0.15, 0.2) is 0 Å². The average Bonchev–Trinajstić information content (AvgIpc) is 3.39. The van der Waals surface area contributed by atoms with E-state index in [4.69, 9.17) is 11.6 Å². The topological polar surface area (TPSA) is 60.7 Å². The summed E-state index contributed by atoms with van der Waals surface area (Å²) in [7, 11) is -1.21. The van der Waals surface area contributed by atoms with E-state index in [-0.39, 0.29) is 0 Å². The van der Waals surface area contributed by atoms with E-state index in [9.17, 15) is 4.21 Å². The summed E-state index contributed by atoms with van der Waals surface area (Å²) < 4.78 is 14.7. The second-order valence-corrected chi connectivity index (χ2v) is 7.49. The van der Waals surface area contributed by atoms with Crippen molar-refractivity contribution in [2.24, 2.45) is 0 Å². The van der Waals surface area contributed by atoms with Crippen molar-refractivity contribution in [2.45, 2.75) is 48.4 Å². The zero-order chi connectivity index (χ0) is 14.4. The summed E-state index contributed by atoms with van der Waals surface area (Å²) in [6.07, 6.45) is 6.28. The molecule has 2 saturated carbocycles. The number of halogens is 1. The van der Waals surface area contributed by atoms with Crippen molar-refractivity contribution < 1.29 is 4.21 Å². The van der Waals surface area contributed by atoms with Gasteiger partial charge in [-0.05, 0) is 37.8 Å². The Morgan fingerprint density at radius 2 is 2.05 bits per heavy atom. The van der Waals surface area contributed by atoms with E-state index in [1.54, 1.807) is 12.1 Å². The Labute approximate surface area is 130 Å². The van der Waals surface area contributed by atoms with Crippen LogP contribution in [0.15, 0.2) is 23.4 Å². The standard InChI is InChI=1S/C14H15ClN4OS/c15-10-3-6-13(16-7-10)21(20)8-12-17-18-14(9-1-2-9)19(12)11-4-5-11/h3,6-7,9,11H,1-2,4-5,8H2. The van der Waals surface area contributed by atoms with Crippen LogP contribution in [0.4, 0.5) is 0 Å². The second-order valence-electron chi connectivity index (χ2n) is 5.65. The highest BCUT2D eigenvalue weighted by atomic mass is 35.5. The van der Waals surface area contributed by atoms with Gasteiger partial charge in [0, 0.05) is 18.2 Å². The lowest BCUT2D eigenvalue weighted by Crippen LogP contribution is -2.08. The summed E-state index contributed by atoms with van der Waals surface area (Å²) in [5, 5.41) is 9.71.